The SMILES string of the molecule is CC(C)(C)c1ccnc(-n2c3[c-]c(Oc4[c-]c(N5[CH-]N(c6ccc7ccccc7n6)c6ncccc65)ccc4)ccc3c3ccccc32)c1.[Pt]. The third kappa shape index (κ3) is 5.48. The maximum absolute atomic E-state index is 6.47. The number of rotatable bonds is 5. The summed E-state index contributed by atoms with van der Waals surface area (Å²) in [5.41, 5.74) is 5.84. The van der Waals surface area contributed by atoms with E-state index in [1.807, 2.05) is 78.4 Å². The molecule has 248 valence electrons. The fourth-order valence-electron chi connectivity index (χ4n) is 6.48. The van der Waals surface area contributed by atoms with Crippen molar-refractivity contribution in [1.29, 1.82) is 0 Å². The summed E-state index contributed by atoms with van der Waals surface area (Å²) < 4.78 is 8.64. The Hall–Kier alpha value is -5.52. The number of fused-ring (bicyclic) bond motifs is 5. The minimum Gasteiger partial charge on any atom is -0.509 e. The molecule has 1 aliphatic rings. The summed E-state index contributed by atoms with van der Waals surface area (Å²) in [6.07, 6.45) is 3.69. The van der Waals surface area contributed by atoms with Crippen LogP contribution in [0.4, 0.5) is 23.0 Å². The second-order valence-electron chi connectivity index (χ2n) is 13.2. The van der Waals surface area contributed by atoms with Crippen LogP contribution < -0.4 is 14.5 Å². The molecule has 5 heterocycles. The van der Waals surface area contributed by atoms with Crippen LogP contribution in [0.5, 0.6) is 11.5 Å². The van der Waals surface area contributed by atoms with Crippen LogP contribution in [0.25, 0.3) is 38.5 Å². The average molecular weight is 831 g/mol. The van der Waals surface area contributed by atoms with E-state index < -0.39 is 0 Å². The van der Waals surface area contributed by atoms with Gasteiger partial charge in [-0.1, -0.05) is 62.7 Å². The molecule has 0 unspecified atom stereocenters. The normalized spacial score (nSPS) is 12.8. The Morgan fingerprint density at radius 1 is 0.680 bits per heavy atom. The first-order valence-electron chi connectivity index (χ1n) is 16.3. The van der Waals surface area contributed by atoms with Gasteiger partial charge in [0.05, 0.1) is 11.2 Å². The Kier molecular flexibility index (Phi) is 7.88. The first-order chi connectivity index (χ1) is 23.9. The van der Waals surface area contributed by atoms with E-state index in [-0.39, 0.29) is 26.5 Å². The smallest absolute Gasteiger partial charge is 0.135 e. The number of hydrogen-bond acceptors (Lipinski definition) is 6. The van der Waals surface area contributed by atoms with Gasteiger partial charge in [-0.05, 0) is 64.9 Å². The molecule has 9 rings (SSSR count). The van der Waals surface area contributed by atoms with Crippen molar-refractivity contribution in [2.75, 3.05) is 9.80 Å². The number of nitrogens with zero attached hydrogens (tertiary/aromatic N) is 6. The van der Waals surface area contributed by atoms with Crippen molar-refractivity contribution in [3.8, 4) is 17.3 Å². The molecule has 0 saturated carbocycles. The standard InChI is InChI=1S/C42H31N6O.Pt/c1-42(2,3)29-21-23-43-40(24-29)48-36-15-7-5-13-33(36)34-19-18-32(26-38(34)48)49-31-12-8-11-30(25-31)46-27-47(41-37(46)16-9-22-44-41)39-20-17-28-10-4-6-14-35(28)45-39;/h4-24,27H,1-3H3;/q-3;. The van der Waals surface area contributed by atoms with Crippen LogP contribution in [0, 0.1) is 18.8 Å². The summed E-state index contributed by atoms with van der Waals surface area (Å²) in [5, 5.41) is 3.31. The van der Waals surface area contributed by atoms with Crippen molar-refractivity contribution in [1.82, 2.24) is 19.5 Å². The second kappa shape index (κ2) is 12.4. The van der Waals surface area contributed by atoms with Gasteiger partial charge in [0.15, 0.2) is 0 Å². The van der Waals surface area contributed by atoms with Gasteiger partial charge >= 0.3 is 0 Å². The summed E-state index contributed by atoms with van der Waals surface area (Å²) in [6.45, 7) is 8.65. The van der Waals surface area contributed by atoms with Gasteiger partial charge in [0, 0.05) is 55.9 Å². The molecule has 0 amide bonds. The van der Waals surface area contributed by atoms with Crippen molar-refractivity contribution in [2.45, 2.75) is 26.2 Å². The number of anilines is 4. The molecule has 4 aromatic heterocycles. The predicted molar refractivity (Wildman–Crippen MR) is 196 cm³/mol. The summed E-state index contributed by atoms with van der Waals surface area (Å²) in [7, 11) is 0. The zero-order chi connectivity index (χ0) is 33.1. The molecule has 0 fully saturated rings. The van der Waals surface area contributed by atoms with E-state index in [1.165, 1.54) is 5.56 Å². The molecule has 4 aromatic carbocycles. The largest absolute Gasteiger partial charge is 0.509 e. The predicted octanol–water partition coefficient (Wildman–Crippen LogP) is 10.2. The minimum absolute atomic E-state index is 0. The number of aromatic nitrogens is 4. The van der Waals surface area contributed by atoms with E-state index >= 15 is 0 Å². The molecule has 7 nitrogen and oxygen atoms in total. The van der Waals surface area contributed by atoms with E-state index in [0.717, 1.165) is 61.5 Å². The first-order valence-corrected chi connectivity index (χ1v) is 16.3. The molecule has 0 N–H and O–H groups in total. The van der Waals surface area contributed by atoms with E-state index in [2.05, 4.69) is 97.0 Å². The Labute approximate surface area is 305 Å². The van der Waals surface area contributed by atoms with Gasteiger partial charge in [-0.2, -0.15) is 12.1 Å². The maximum Gasteiger partial charge on any atom is 0.135 e. The Bertz CT molecular complexity index is 2540. The Morgan fingerprint density at radius 3 is 2.42 bits per heavy atom. The van der Waals surface area contributed by atoms with Crippen LogP contribution in [-0.4, -0.2) is 19.5 Å². The van der Waals surface area contributed by atoms with Crippen LogP contribution in [-0.2, 0) is 26.5 Å². The molecule has 0 bridgehead atoms. The molecule has 1 aliphatic heterocycles. The number of hydrogen-bond donors (Lipinski definition) is 0. The fraction of sp³-hybridized carbons (Fsp3) is 0.0952. The van der Waals surface area contributed by atoms with Crippen LogP contribution in [0.15, 0.2) is 128 Å². The van der Waals surface area contributed by atoms with Gasteiger partial charge in [-0.15, -0.1) is 48.1 Å². The molecule has 0 radical (unpaired) electrons. The van der Waals surface area contributed by atoms with Gasteiger partial charge in [0.25, 0.3) is 0 Å². The molecule has 0 aliphatic carbocycles. The fourth-order valence-corrected chi connectivity index (χ4v) is 6.48. The number of para-hydroxylation sites is 2. The summed E-state index contributed by atoms with van der Waals surface area (Å²) in [6, 6.07) is 45.9. The van der Waals surface area contributed by atoms with Crippen molar-refractivity contribution < 1.29 is 25.8 Å². The first kappa shape index (κ1) is 31.7. The van der Waals surface area contributed by atoms with Gasteiger partial charge in [0.1, 0.15) is 17.5 Å². The number of pyridine rings is 3. The average Bonchev–Trinajstić information content (AvgIpc) is 3.67. The molecular weight excluding hydrogens is 800 g/mol. The van der Waals surface area contributed by atoms with Gasteiger partial charge in [-0.25, -0.2) is 15.0 Å². The quantitative estimate of drug-likeness (QED) is 0.161. The molecule has 50 heavy (non-hydrogen) atoms. The third-order valence-corrected chi connectivity index (χ3v) is 8.95. The van der Waals surface area contributed by atoms with Crippen LogP contribution in [0.3, 0.4) is 0 Å². The Balaban J connectivity index is 0.00000361. The molecule has 0 spiro atoms. The zero-order valence-electron chi connectivity index (χ0n) is 27.6. The van der Waals surface area contributed by atoms with Gasteiger partial charge in [-0.3, -0.25) is 0 Å². The summed E-state index contributed by atoms with van der Waals surface area (Å²) >= 11 is 0. The van der Waals surface area contributed by atoms with E-state index in [9.17, 15) is 0 Å². The zero-order valence-corrected chi connectivity index (χ0v) is 29.9. The van der Waals surface area contributed by atoms with Crippen molar-refractivity contribution in [2.24, 2.45) is 0 Å². The maximum atomic E-state index is 6.47. The topological polar surface area (TPSA) is 59.3 Å². The Morgan fingerprint density at radius 2 is 1.52 bits per heavy atom. The van der Waals surface area contributed by atoms with E-state index in [0.29, 0.717) is 11.5 Å². The number of benzene rings is 4. The van der Waals surface area contributed by atoms with Gasteiger partial charge in [0.2, 0.25) is 0 Å². The monoisotopic (exact) mass is 830 g/mol. The molecule has 8 aromatic rings. The molecular formula is C42H31N6OPt-3. The molecule has 8 heteroatoms. The van der Waals surface area contributed by atoms with E-state index in [1.54, 1.807) is 6.20 Å². The van der Waals surface area contributed by atoms with Crippen molar-refractivity contribution in [3.63, 3.8) is 0 Å². The third-order valence-electron chi connectivity index (χ3n) is 8.95. The van der Waals surface area contributed by atoms with Crippen molar-refractivity contribution >= 4 is 55.7 Å². The molecule has 0 saturated heterocycles. The van der Waals surface area contributed by atoms with Gasteiger partial charge < -0.3 is 19.1 Å². The number of ether oxygens (including phenoxy) is 1. The van der Waals surface area contributed by atoms with Crippen LogP contribution >= 0.6 is 0 Å². The van der Waals surface area contributed by atoms with Crippen LogP contribution in [0.1, 0.15) is 26.3 Å². The van der Waals surface area contributed by atoms with Crippen molar-refractivity contribution in [3.05, 3.63) is 152 Å². The van der Waals surface area contributed by atoms with Crippen LogP contribution in [0.2, 0.25) is 0 Å². The van der Waals surface area contributed by atoms with E-state index in [4.69, 9.17) is 19.7 Å². The molecule has 0 atom stereocenters. The summed E-state index contributed by atoms with van der Waals surface area (Å²) in [4.78, 5) is 18.5. The minimum atomic E-state index is -0.0123. The summed E-state index contributed by atoms with van der Waals surface area (Å²) in [5.74, 6) is 3.59. The second-order valence-corrected chi connectivity index (χ2v) is 13.2.